The summed E-state index contributed by atoms with van der Waals surface area (Å²) in [6.07, 6.45) is 1.36. The van der Waals surface area contributed by atoms with E-state index in [-0.39, 0.29) is 24.0 Å². The first-order chi connectivity index (χ1) is 7.66. The zero-order chi connectivity index (χ0) is 11.5. The molecular weight excluding hydrogens is 206 g/mol. The van der Waals surface area contributed by atoms with Gasteiger partial charge in [-0.1, -0.05) is 12.1 Å². The van der Waals surface area contributed by atoms with Crippen LogP contribution >= 0.6 is 0 Å². The maximum absolute atomic E-state index is 11.8. The first-order valence-electron chi connectivity index (χ1n) is 5.27. The molecule has 1 aliphatic rings. The van der Waals surface area contributed by atoms with Gasteiger partial charge >= 0.3 is 0 Å². The number of phenols is 1. The summed E-state index contributed by atoms with van der Waals surface area (Å²) >= 11 is 0. The Bertz CT molecular complexity index is 428. The predicted octanol–water partition coefficient (Wildman–Crippen LogP) is 1.20. The molecule has 16 heavy (non-hydrogen) atoms. The van der Waals surface area contributed by atoms with Crippen molar-refractivity contribution in [1.29, 1.82) is 0 Å². The van der Waals surface area contributed by atoms with Crippen molar-refractivity contribution in [2.24, 2.45) is 0 Å². The maximum atomic E-state index is 11.8. The quantitative estimate of drug-likeness (QED) is 0.777. The predicted molar refractivity (Wildman–Crippen MR) is 58.3 cm³/mol. The summed E-state index contributed by atoms with van der Waals surface area (Å²) in [7, 11) is 0. The number of phenolic OH excluding ortho intramolecular Hbond substituents is 1. The van der Waals surface area contributed by atoms with Crippen LogP contribution in [0.15, 0.2) is 24.3 Å². The van der Waals surface area contributed by atoms with Gasteiger partial charge in [0, 0.05) is 18.5 Å². The zero-order valence-electron chi connectivity index (χ0n) is 8.85. The molecule has 0 saturated carbocycles. The van der Waals surface area contributed by atoms with Gasteiger partial charge < -0.3 is 10.0 Å². The number of carbonyl (C=O) groups excluding carboxylic acids is 2. The molecular formula is C12H13NO3. The van der Waals surface area contributed by atoms with Gasteiger partial charge in [-0.15, -0.1) is 0 Å². The number of likely N-dealkylation sites (tertiary alicyclic amines) is 1. The molecule has 1 fully saturated rings. The highest BCUT2D eigenvalue weighted by atomic mass is 16.3. The molecule has 1 aromatic rings. The van der Waals surface area contributed by atoms with E-state index in [1.54, 1.807) is 17.0 Å². The van der Waals surface area contributed by atoms with E-state index in [1.165, 1.54) is 12.1 Å². The number of ketones is 1. The Labute approximate surface area is 93.5 Å². The van der Waals surface area contributed by atoms with Gasteiger partial charge in [0.1, 0.15) is 5.75 Å². The molecule has 4 nitrogen and oxygen atoms in total. The topological polar surface area (TPSA) is 57.6 Å². The lowest BCUT2D eigenvalue weighted by atomic mass is 10.1. The minimum atomic E-state index is -0.133. The lowest BCUT2D eigenvalue weighted by molar-refractivity contribution is -0.127. The third kappa shape index (κ3) is 2.21. The normalized spacial score (nSPS) is 15.5. The van der Waals surface area contributed by atoms with Crippen molar-refractivity contribution in [3.63, 3.8) is 0 Å². The Kier molecular flexibility index (Phi) is 2.90. The van der Waals surface area contributed by atoms with Crippen molar-refractivity contribution in [3.05, 3.63) is 29.8 Å². The van der Waals surface area contributed by atoms with E-state index in [9.17, 15) is 14.7 Å². The SMILES string of the molecule is O=C(CN1CCCC1=O)c1cccc(O)c1. The van der Waals surface area contributed by atoms with Gasteiger partial charge in [0.05, 0.1) is 6.54 Å². The molecule has 2 rings (SSSR count). The Morgan fingerprint density at radius 2 is 2.25 bits per heavy atom. The number of nitrogens with zero attached hydrogens (tertiary/aromatic N) is 1. The van der Waals surface area contributed by atoms with Crippen LogP contribution in [-0.2, 0) is 4.79 Å². The number of aromatic hydroxyl groups is 1. The molecule has 0 bridgehead atoms. The average Bonchev–Trinajstić information content (AvgIpc) is 2.64. The van der Waals surface area contributed by atoms with Crippen LogP contribution in [0.1, 0.15) is 23.2 Å². The van der Waals surface area contributed by atoms with Gasteiger partial charge in [0.25, 0.3) is 0 Å². The molecule has 84 valence electrons. The third-order valence-electron chi connectivity index (χ3n) is 2.67. The van der Waals surface area contributed by atoms with E-state index in [2.05, 4.69) is 0 Å². The molecule has 1 amide bonds. The third-order valence-corrected chi connectivity index (χ3v) is 2.67. The standard InChI is InChI=1S/C12H13NO3/c14-10-4-1-3-9(7-10)11(15)8-13-6-2-5-12(13)16/h1,3-4,7,14H,2,5-6,8H2. The molecule has 1 aliphatic heterocycles. The van der Waals surface area contributed by atoms with Crippen LogP contribution in [0.3, 0.4) is 0 Å². The summed E-state index contributed by atoms with van der Waals surface area (Å²) in [5.74, 6) is -0.0294. The molecule has 0 radical (unpaired) electrons. The van der Waals surface area contributed by atoms with Crippen molar-refractivity contribution in [2.45, 2.75) is 12.8 Å². The first-order valence-corrected chi connectivity index (χ1v) is 5.27. The van der Waals surface area contributed by atoms with Gasteiger partial charge in [0.15, 0.2) is 5.78 Å². The van der Waals surface area contributed by atoms with E-state index >= 15 is 0 Å². The molecule has 4 heteroatoms. The Balaban J connectivity index is 2.05. The van der Waals surface area contributed by atoms with Crippen LogP contribution in [0, 0.1) is 0 Å². The van der Waals surface area contributed by atoms with Crippen molar-refractivity contribution in [3.8, 4) is 5.75 Å². The summed E-state index contributed by atoms with van der Waals surface area (Å²) in [4.78, 5) is 24.7. The number of Topliss-reactive ketones (excluding diaryl/α,β-unsaturated/α-hetero) is 1. The fourth-order valence-electron chi connectivity index (χ4n) is 1.82. The lowest BCUT2D eigenvalue weighted by Crippen LogP contribution is -2.30. The summed E-state index contributed by atoms with van der Waals surface area (Å²) in [6, 6.07) is 6.19. The van der Waals surface area contributed by atoms with Gasteiger partial charge in [-0.2, -0.15) is 0 Å². The van der Waals surface area contributed by atoms with E-state index in [0.29, 0.717) is 18.5 Å². The second-order valence-corrected chi connectivity index (χ2v) is 3.89. The smallest absolute Gasteiger partial charge is 0.223 e. The fraction of sp³-hybridized carbons (Fsp3) is 0.333. The lowest BCUT2D eigenvalue weighted by Gasteiger charge is -2.14. The molecule has 1 N–H and O–H groups in total. The van der Waals surface area contributed by atoms with Gasteiger partial charge in [-0.05, 0) is 18.6 Å². The molecule has 0 atom stereocenters. The Morgan fingerprint density at radius 1 is 1.44 bits per heavy atom. The molecule has 1 heterocycles. The Hall–Kier alpha value is -1.84. The minimum absolute atomic E-state index is 0.0357. The highest BCUT2D eigenvalue weighted by molar-refractivity contribution is 5.99. The van der Waals surface area contributed by atoms with Crippen LogP contribution in [0.5, 0.6) is 5.75 Å². The number of hydrogen-bond donors (Lipinski definition) is 1. The number of rotatable bonds is 3. The summed E-state index contributed by atoms with van der Waals surface area (Å²) in [5, 5.41) is 9.24. The number of amides is 1. The largest absolute Gasteiger partial charge is 0.508 e. The van der Waals surface area contributed by atoms with Crippen molar-refractivity contribution in [2.75, 3.05) is 13.1 Å². The summed E-state index contributed by atoms with van der Waals surface area (Å²) in [5.41, 5.74) is 0.444. The number of hydrogen-bond acceptors (Lipinski definition) is 3. The van der Waals surface area contributed by atoms with Crippen molar-refractivity contribution in [1.82, 2.24) is 4.90 Å². The van der Waals surface area contributed by atoms with Gasteiger partial charge in [-0.3, -0.25) is 9.59 Å². The second kappa shape index (κ2) is 4.35. The van der Waals surface area contributed by atoms with Gasteiger partial charge in [-0.25, -0.2) is 0 Å². The Morgan fingerprint density at radius 3 is 2.88 bits per heavy atom. The monoisotopic (exact) mass is 219 g/mol. The molecule has 0 unspecified atom stereocenters. The van der Waals surface area contributed by atoms with Crippen molar-refractivity contribution >= 4 is 11.7 Å². The van der Waals surface area contributed by atoms with Crippen LogP contribution < -0.4 is 0 Å². The molecule has 1 saturated heterocycles. The second-order valence-electron chi connectivity index (χ2n) is 3.89. The number of carbonyl (C=O) groups is 2. The van der Waals surface area contributed by atoms with Crippen LogP contribution in [-0.4, -0.2) is 34.8 Å². The molecule has 0 aromatic heterocycles. The maximum Gasteiger partial charge on any atom is 0.223 e. The average molecular weight is 219 g/mol. The molecule has 0 aliphatic carbocycles. The highest BCUT2D eigenvalue weighted by Gasteiger charge is 2.22. The summed E-state index contributed by atoms with van der Waals surface area (Å²) in [6.45, 7) is 0.770. The fourth-order valence-corrected chi connectivity index (χ4v) is 1.82. The van der Waals surface area contributed by atoms with E-state index < -0.39 is 0 Å². The molecule has 1 aromatic carbocycles. The van der Waals surface area contributed by atoms with E-state index in [1.807, 2.05) is 0 Å². The van der Waals surface area contributed by atoms with Crippen LogP contribution in [0.4, 0.5) is 0 Å². The highest BCUT2D eigenvalue weighted by Crippen LogP contribution is 2.14. The van der Waals surface area contributed by atoms with E-state index in [0.717, 1.165) is 6.42 Å². The van der Waals surface area contributed by atoms with Crippen molar-refractivity contribution < 1.29 is 14.7 Å². The van der Waals surface area contributed by atoms with Gasteiger partial charge in [0.2, 0.25) is 5.91 Å². The minimum Gasteiger partial charge on any atom is -0.508 e. The molecule has 0 spiro atoms. The van der Waals surface area contributed by atoms with Crippen LogP contribution in [0.25, 0.3) is 0 Å². The summed E-state index contributed by atoms with van der Waals surface area (Å²) < 4.78 is 0. The zero-order valence-corrected chi connectivity index (χ0v) is 8.85. The first kappa shape index (κ1) is 10.7. The van der Waals surface area contributed by atoms with E-state index in [4.69, 9.17) is 0 Å². The number of benzene rings is 1. The van der Waals surface area contributed by atoms with Crippen LogP contribution in [0.2, 0.25) is 0 Å².